The normalized spacial score (nSPS) is 17.4. The molecule has 1 aromatic rings. The Morgan fingerprint density at radius 2 is 2.29 bits per heavy atom. The molecule has 1 aliphatic rings. The number of halogens is 3. The highest BCUT2D eigenvalue weighted by Crippen LogP contribution is 2.18. The molecule has 0 aliphatic carbocycles. The molecule has 1 fully saturated rings. The molecule has 0 bridgehead atoms. The zero-order chi connectivity index (χ0) is 14.5. The van der Waals surface area contributed by atoms with Gasteiger partial charge in [-0.25, -0.2) is 4.39 Å². The fraction of sp³-hybridized carbons (Fsp3) is 0.533. The quantitative estimate of drug-likeness (QED) is 0.852. The van der Waals surface area contributed by atoms with E-state index >= 15 is 0 Å². The molecule has 118 valence electrons. The molecule has 1 N–H and O–H groups in total. The lowest BCUT2D eigenvalue weighted by molar-refractivity contribution is -0.132. The summed E-state index contributed by atoms with van der Waals surface area (Å²) in [6, 6.07) is 5.05. The highest BCUT2D eigenvalue weighted by molar-refractivity contribution is 9.10. The lowest BCUT2D eigenvalue weighted by Gasteiger charge is -2.28. The smallest absolute Gasteiger partial charge is 0.227 e. The van der Waals surface area contributed by atoms with E-state index in [1.807, 2.05) is 4.90 Å². The lowest BCUT2D eigenvalue weighted by atomic mass is 10.1. The van der Waals surface area contributed by atoms with Gasteiger partial charge in [0.05, 0.1) is 10.9 Å². The number of carbonyl (C=O) groups is 1. The van der Waals surface area contributed by atoms with Crippen molar-refractivity contribution in [3.8, 4) is 0 Å². The largest absolute Gasteiger partial charge is 0.338 e. The van der Waals surface area contributed by atoms with Gasteiger partial charge in [-0.1, -0.05) is 13.0 Å². The Kier molecular flexibility index (Phi) is 7.63. The maximum absolute atomic E-state index is 13.2. The Bertz CT molecular complexity index is 481. The molecular weight excluding hydrogens is 359 g/mol. The minimum Gasteiger partial charge on any atom is -0.338 e. The zero-order valence-electron chi connectivity index (χ0n) is 12.1. The molecule has 1 aromatic carbocycles. The van der Waals surface area contributed by atoms with E-state index in [2.05, 4.69) is 28.2 Å². The van der Waals surface area contributed by atoms with Gasteiger partial charge in [0, 0.05) is 19.1 Å². The molecular formula is C15H21BrClFN2O. The SMILES string of the molecule is CCCN(C(=O)Cc1ccc(F)c(Br)c1)C1CCNC1.Cl. The van der Waals surface area contributed by atoms with Gasteiger partial charge in [0.15, 0.2) is 0 Å². The summed E-state index contributed by atoms with van der Waals surface area (Å²) in [7, 11) is 0. The van der Waals surface area contributed by atoms with Crippen molar-refractivity contribution in [1.82, 2.24) is 10.2 Å². The minimum atomic E-state index is -0.299. The molecule has 3 nitrogen and oxygen atoms in total. The van der Waals surface area contributed by atoms with E-state index in [0.29, 0.717) is 16.9 Å². The molecule has 0 aromatic heterocycles. The van der Waals surface area contributed by atoms with Crippen LogP contribution >= 0.6 is 28.3 Å². The number of carbonyl (C=O) groups excluding carboxylic acids is 1. The number of nitrogens with one attached hydrogen (secondary N) is 1. The summed E-state index contributed by atoms with van der Waals surface area (Å²) in [6.07, 6.45) is 2.30. The van der Waals surface area contributed by atoms with E-state index in [1.165, 1.54) is 6.07 Å². The van der Waals surface area contributed by atoms with Crippen LogP contribution in [0.15, 0.2) is 22.7 Å². The third-order valence-electron chi connectivity index (χ3n) is 3.60. The van der Waals surface area contributed by atoms with Crippen molar-refractivity contribution >= 4 is 34.2 Å². The first-order chi connectivity index (χ1) is 9.61. The van der Waals surface area contributed by atoms with E-state index in [1.54, 1.807) is 12.1 Å². The van der Waals surface area contributed by atoms with Crippen LogP contribution in [-0.4, -0.2) is 36.5 Å². The number of nitrogens with zero attached hydrogens (tertiary/aromatic N) is 1. The Morgan fingerprint density at radius 3 is 2.86 bits per heavy atom. The molecule has 1 heterocycles. The monoisotopic (exact) mass is 378 g/mol. The average molecular weight is 380 g/mol. The van der Waals surface area contributed by atoms with Crippen molar-refractivity contribution in [2.75, 3.05) is 19.6 Å². The van der Waals surface area contributed by atoms with Crippen LogP contribution in [0, 0.1) is 5.82 Å². The number of amides is 1. The van der Waals surface area contributed by atoms with Crippen molar-refractivity contribution in [3.63, 3.8) is 0 Å². The second-order valence-electron chi connectivity index (χ2n) is 5.16. The van der Waals surface area contributed by atoms with E-state index in [0.717, 1.165) is 38.0 Å². The molecule has 1 atom stereocenters. The van der Waals surface area contributed by atoms with Crippen LogP contribution in [-0.2, 0) is 11.2 Å². The summed E-state index contributed by atoms with van der Waals surface area (Å²) in [5.74, 6) is -0.175. The summed E-state index contributed by atoms with van der Waals surface area (Å²) < 4.78 is 13.6. The maximum atomic E-state index is 13.2. The number of benzene rings is 1. The van der Waals surface area contributed by atoms with Crippen molar-refractivity contribution < 1.29 is 9.18 Å². The van der Waals surface area contributed by atoms with Gasteiger partial charge in [-0.15, -0.1) is 12.4 Å². The second kappa shape index (κ2) is 8.71. The summed E-state index contributed by atoms with van der Waals surface area (Å²) in [4.78, 5) is 14.4. The van der Waals surface area contributed by atoms with Crippen LogP contribution in [0.1, 0.15) is 25.3 Å². The van der Waals surface area contributed by atoms with Gasteiger partial charge in [0.1, 0.15) is 5.82 Å². The Labute approximate surface area is 139 Å². The highest BCUT2D eigenvalue weighted by atomic mass is 79.9. The van der Waals surface area contributed by atoms with Gasteiger partial charge in [-0.2, -0.15) is 0 Å². The summed E-state index contributed by atoms with van der Waals surface area (Å²) in [6.45, 7) is 4.71. The van der Waals surface area contributed by atoms with Crippen molar-refractivity contribution in [2.45, 2.75) is 32.2 Å². The van der Waals surface area contributed by atoms with Crippen molar-refractivity contribution in [3.05, 3.63) is 34.1 Å². The van der Waals surface area contributed by atoms with Gasteiger partial charge < -0.3 is 10.2 Å². The maximum Gasteiger partial charge on any atom is 0.227 e. The predicted molar refractivity (Wildman–Crippen MR) is 88.3 cm³/mol. The molecule has 1 saturated heterocycles. The first-order valence-electron chi connectivity index (χ1n) is 7.06. The zero-order valence-corrected chi connectivity index (χ0v) is 14.5. The molecule has 0 saturated carbocycles. The number of rotatable bonds is 5. The van der Waals surface area contributed by atoms with E-state index in [-0.39, 0.29) is 24.1 Å². The molecule has 0 radical (unpaired) electrons. The summed E-state index contributed by atoms with van der Waals surface area (Å²) in [5, 5.41) is 3.30. The van der Waals surface area contributed by atoms with Gasteiger partial charge in [0.2, 0.25) is 5.91 Å². The Morgan fingerprint density at radius 1 is 1.52 bits per heavy atom. The summed E-state index contributed by atoms with van der Waals surface area (Å²) >= 11 is 3.16. The van der Waals surface area contributed by atoms with Crippen LogP contribution in [0.4, 0.5) is 4.39 Å². The topological polar surface area (TPSA) is 32.3 Å². The van der Waals surface area contributed by atoms with E-state index < -0.39 is 0 Å². The van der Waals surface area contributed by atoms with Crippen LogP contribution in [0.2, 0.25) is 0 Å². The fourth-order valence-corrected chi connectivity index (χ4v) is 3.01. The highest BCUT2D eigenvalue weighted by Gasteiger charge is 2.25. The third-order valence-corrected chi connectivity index (χ3v) is 4.21. The minimum absolute atomic E-state index is 0. The average Bonchev–Trinajstić information content (AvgIpc) is 2.94. The number of hydrogen-bond donors (Lipinski definition) is 1. The molecule has 21 heavy (non-hydrogen) atoms. The summed E-state index contributed by atoms with van der Waals surface area (Å²) in [5.41, 5.74) is 0.843. The van der Waals surface area contributed by atoms with Gasteiger partial charge >= 0.3 is 0 Å². The number of hydrogen-bond acceptors (Lipinski definition) is 2. The predicted octanol–water partition coefficient (Wildman–Crippen LogP) is 3.15. The Balaban J connectivity index is 0.00000220. The van der Waals surface area contributed by atoms with Crippen LogP contribution < -0.4 is 5.32 Å². The van der Waals surface area contributed by atoms with Crippen LogP contribution in [0.3, 0.4) is 0 Å². The first kappa shape index (κ1) is 18.4. The third kappa shape index (κ3) is 4.94. The van der Waals surface area contributed by atoms with E-state index in [4.69, 9.17) is 0 Å². The van der Waals surface area contributed by atoms with Crippen LogP contribution in [0.25, 0.3) is 0 Å². The first-order valence-corrected chi connectivity index (χ1v) is 7.85. The molecule has 1 amide bonds. The standard InChI is InChI=1S/C15H20BrFN2O.ClH/c1-2-7-19(12-5-6-18-10-12)15(20)9-11-3-4-14(17)13(16)8-11;/h3-4,8,12,18H,2,5-7,9-10H2,1H3;1H. The lowest BCUT2D eigenvalue weighted by Crippen LogP contribution is -2.42. The fourth-order valence-electron chi connectivity index (χ4n) is 2.58. The Hall–Kier alpha value is -0.650. The molecule has 1 aliphatic heterocycles. The second-order valence-corrected chi connectivity index (χ2v) is 6.01. The molecule has 2 rings (SSSR count). The van der Waals surface area contributed by atoms with Gasteiger partial charge in [-0.3, -0.25) is 4.79 Å². The molecule has 1 unspecified atom stereocenters. The van der Waals surface area contributed by atoms with E-state index in [9.17, 15) is 9.18 Å². The van der Waals surface area contributed by atoms with Crippen LogP contribution in [0.5, 0.6) is 0 Å². The van der Waals surface area contributed by atoms with Gasteiger partial charge in [-0.05, 0) is 53.0 Å². The molecule has 0 spiro atoms. The van der Waals surface area contributed by atoms with Crippen molar-refractivity contribution in [2.24, 2.45) is 0 Å². The van der Waals surface area contributed by atoms with Crippen molar-refractivity contribution in [1.29, 1.82) is 0 Å². The molecule has 6 heteroatoms. The van der Waals surface area contributed by atoms with Gasteiger partial charge in [0.25, 0.3) is 0 Å².